The van der Waals surface area contributed by atoms with Crippen LogP contribution in [0.1, 0.15) is 30.4 Å². The zero-order chi connectivity index (χ0) is 15.0. The highest BCUT2D eigenvalue weighted by atomic mass is 35.5. The molecule has 1 aliphatic heterocycles. The van der Waals surface area contributed by atoms with Crippen LogP contribution in [0.2, 0.25) is 0 Å². The summed E-state index contributed by atoms with van der Waals surface area (Å²) < 4.78 is 0. The van der Waals surface area contributed by atoms with Crippen LogP contribution in [0, 0.1) is 0 Å². The SMILES string of the molecule is C=C(Cl)CN1C(=O)N[C@]2(CCCCc3ccccc32)C1=O. The maximum Gasteiger partial charge on any atom is 0.325 e. The number of urea groups is 1. The van der Waals surface area contributed by atoms with E-state index >= 15 is 0 Å². The molecule has 1 aliphatic carbocycles. The topological polar surface area (TPSA) is 49.4 Å². The zero-order valence-electron chi connectivity index (χ0n) is 11.7. The molecule has 21 heavy (non-hydrogen) atoms. The van der Waals surface area contributed by atoms with Gasteiger partial charge in [0, 0.05) is 5.03 Å². The lowest BCUT2D eigenvalue weighted by atomic mass is 9.84. The second-order valence-electron chi connectivity index (χ2n) is 5.61. The first-order valence-corrected chi connectivity index (χ1v) is 7.48. The second-order valence-corrected chi connectivity index (χ2v) is 6.14. The molecule has 3 rings (SSSR count). The lowest BCUT2D eigenvalue weighted by Gasteiger charge is -2.27. The second kappa shape index (κ2) is 5.19. The van der Waals surface area contributed by atoms with Gasteiger partial charge in [-0.1, -0.05) is 42.4 Å². The quantitative estimate of drug-likeness (QED) is 0.854. The Labute approximate surface area is 128 Å². The van der Waals surface area contributed by atoms with Crippen molar-refractivity contribution in [3.05, 3.63) is 47.0 Å². The number of carbonyl (C=O) groups is 2. The predicted octanol–water partition coefficient (Wildman–Crippen LogP) is 2.91. The van der Waals surface area contributed by atoms with E-state index in [9.17, 15) is 9.59 Å². The van der Waals surface area contributed by atoms with Crippen LogP contribution in [0.3, 0.4) is 0 Å². The number of nitrogens with zero attached hydrogens (tertiary/aromatic N) is 1. The van der Waals surface area contributed by atoms with Gasteiger partial charge in [0.1, 0.15) is 5.54 Å². The molecule has 0 unspecified atom stereocenters. The fourth-order valence-corrected chi connectivity index (χ4v) is 3.41. The van der Waals surface area contributed by atoms with E-state index in [2.05, 4.69) is 11.9 Å². The third-order valence-electron chi connectivity index (χ3n) is 4.23. The average molecular weight is 305 g/mol. The van der Waals surface area contributed by atoms with Crippen LogP contribution in [0.25, 0.3) is 0 Å². The molecular weight excluding hydrogens is 288 g/mol. The zero-order valence-corrected chi connectivity index (χ0v) is 12.4. The molecule has 1 heterocycles. The summed E-state index contributed by atoms with van der Waals surface area (Å²) >= 11 is 5.78. The highest BCUT2D eigenvalue weighted by Gasteiger charge is 2.53. The van der Waals surface area contributed by atoms with E-state index in [-0.39, 0.29) is 17.5 Å². The van der Waals surface area contributed by atoms with Crippen LogP contribution >= 0.6 is 11.6 Å². The molecule has 0 aromatic heterocycles. The standard InChI is InChI=1S/C16H17ClN2O2/c1-11(17)10-19-14(20)16(18-15(19)21)9-5-4-7-12-6-2-3-8-13(12)16/h2-3,6,8H,1,4-5,7,9-10H2,(H,18,21)/t16-/m0/s1. The predicted molar refractivity (Wildman–Crippen MR) is 80.9 cm³/mol. The largest absolute Gasteiger partial charge is 0.325 e. The molecule has 5 heteroatoms. The molecule has 1 atom stereocenters. The fourth-order valence-electron chi connectivity index (χ4n) is 3.29. The number of hydrogen-bond acceptors (Lipinski definition) is 2. The molecule has 0 radical (unpaired) electrons. The Morgan fingerprint density at radius 1 is 1.33 bits per heavy atom. The Kier molecular flexibility index (Phi) is 3.49. The van der Waals surface area contributed by atoms with Crippen LogP contribution in [-0.2, 0) is 16.8 Å². The van der Waals surface area contributed by atoms with Crippen LogP contribution < -0.4 is 5.32 Å². The highest BCUT2D eigenvalue weighted by molar-refractivity contribution is 6.30. The van der Waals surface area contributed by atoms with Crippen molar-refractivity contribution in [1.82, 2.24) is 10.2 Å². The van der Waals surface area contributed by atoms with Gasteiger partial charge in [0.05, 0.1) is 6.54 Å². The Bertz CT molecular complexity index is 628. The molecule has 3 amide bonds. The number of fused-ring (bicyclic) bond motifs is 2. The van der Waals surface area contributed by atoms with Crippen molar-refractivity contribution in [3.8, 4) is 0 Å². The van der Waals surface area contributed by atoms with Gasteiger partial charge in [-0.3, -0.25) is 9.69 Å². The van der Waals surface area contributed by atoms with Crippen molar-refractivity contribution in [2.45, 2.75) is 31.2 Å². The molecule has 2 aliphatic rings. The number of aryl methyl sites for hydroxylation is 1. The summed E-state index contributed by atoms with van der Waals surface area (Å²) in [4.78, 5) is 26.3. The van der Waals surface area contributed by atoms with Crippen molar-refractivity contribution in [1.29, 1.82) is 0 Å². The smallest absolute Gasteiger partial charge is 0.319 e. The lowest BCUT2D eigenvalue weighted by molar-refractivity contribution is -0.131. The van der Waals surface area contributed by atoms with E-state index in [1.807, 2.05) is 24.3 Å². The third kappa shape index (κ3) is 2.23. The molecule has 1 spiro atoms. The van der Waals surface area contributed by atoms with Crippen LogP contribution in [-0.4, -0.2) is 23.4 Å². The number of benzene rings is 1. The van der Waals surface area contributed by atoms with Crippen molar-refractivity contribution in [2.24, 2.45) is 0 Å². The first kappa shape index (κ1) is 14.1. The van der Waals surface area contributed by atoms with Crippen LogP contribution in [0.4, 0.5) is 4.79 Å². The van der Waals surface area contributed by atoms with Gasteiger partial charge in [-0.15, -0.1) is 0 Å². The Morgan fingerprint density at radius 2 is 2.10 bits per heavy atom. The summed E-state index contributed by atoms with van der Waals surface area (Å²) in [6.45, 7) is 3.63. The van der Waals surface area contributed by atoms with Gasteiger partial charge in [-0.2, -0.15) is 0 Å². The number of amides is 3. The number of hydrogen-bond donors (Lipinski definition) is 1. The molecule has 1 aromatic carbocycles. The number of nitrogens with one attached hydrogen (secondary N) is 1. The highest BCUT2D eigenvalue weighted by Crippen LogP contribution is 2.39. The van der Waals surface area contributed by atoms with Gasteiger partial charge < -0.3 is 5.32 Å². The summed E-state index contributed by atoms with van der Waals surface area (Å²) in [7, 11) is 0. The Morgan fingerprint density at radius 3 is 2.86 bits per heavy atom. The van der Waals surface area contributed by atoms with Crippen LogP contribution in [0.15, 0.2) is 35.9 Å². The molecule has 0 bridgehead atoms. The maximum atomic E-state index is 12.9. The summed E-state index contributed by atoms with van der Waals surface area (Å²) in [6, 6.07) is 7.47. The first-order valence-electron chi connectivity index (χ1n) is 7.10. The van der Waals surface area contributed by atoms with E-state index in [0.717, 1.165) is 35.3 Å². The maximum absolute atomic E-state index is 12.9. The number of rotatable bonds is 2. The molecule has 1 saturated heterocycles. The van der Waals surface area contributed by atoms with Gasteiger partial charge in [0.15, 0.2) is 0 Å². The Balaban J connectivity index is 2.07. The van der Waals surface area contributed by atoms with Crippen molar-refractivity contribution in [3.63, 3.8) is 0 Å². The third-order valence-corrected chi connectivity index (χ3v) is 4.35. The number of carbonyl (C=O) groups excluding carboxylic acids is 2. The van der Waals surface area contributed by atoms with E-state index in [1.165, 1.54) is 0 Å². The van der Waals surface area contributed by atoms with Gasteiger partial charge in [-0.25, -0.2) is 4.79 Å². The van der Waals surface area contributed by atoms with Gasteiger partial charge in [0.2, 0.25) is 0 Å². The molecule has 1 aromatic rings. The van der Waals surface area contributed by atoms with Crippen molar-refractivity contribution >= 4 is 23.5 Å². The van der Waals surface area contributed by atoms with E-state index < -0.39 is 11.6 Å². The molecular formula is C16H17ClN2O2. The lowest BCUT2D eigenvalue weighted by Crippen LogP contribution is -2.44. The molecule has 1 fully saturated rings. The Hall–Kier alpha value is -1.81. The normalized spacial score (nSPS) is 24.7. The van der Waals surface area contributed by atoms with E-state index in [4.69, 9.17) is 11.6 Å². The minimum absolute atomic E-state index is 0.0517. The monoisotopic (exact) mass is 304 g/mol. The number of imide groups is 1. The van der Waals surface area contributed by atoms with Gasteiger partial charge in [-0.05, 0) is 36.8 Å². The van der Waals surface area contributed by atoms with Crippen molar-refractivity contribution in [2.75, 3.05) is 6.54 Å². The van der Waals surface area contributed by atoms with Crippen LogP contribution in [0.5, 0.6) is 0 Å². The number of halogens is 1. The molecule has 1 N–H and O–H groups in total. The van der Waals surface area contributed by atoms with Gasteiger partial charge in [0.25, 0.3) is 5.91 Å². The first-order chi connectivity index (χ1) is 10.0. The van der Waals surface area contributed by atoms with Crippen molar-refractivity contribution < 1.29 is 9.59 Å². The summed E-state index contributed by atoms with van der Waals surface area (Å²) in [6.07, 6.45) is 3.48. The summed E-state index contributed by atoms with van der Waals surface area (Å²) in [5.74, 6) is -0.219. The fraction of sp³-hybridized carbons (Fsp3) is 0.375. The molecule has 4 nitrogen and oxygen atoms in total. The van der Waals surface area contributed by atoms with Gasteiger partial charge >= 0.3 is 6.03 Å². The summed E-state index contributed by atoms with van der Waals surface area (Å²) in [5.41, 5.74) is 1.12. The average Bonchev–Trinajstić information content (AvgIpc) is 2.62. The van der Waals surface area contributed by atoms with E-state index in [1.54, 1.807) is 0 Å². The molecule has 110 valence electrons. The van der Waals surface area contributed by atoms with E-state index in [0.29, 0.717) is 6.42 Å². The molecule has 0 saturated carbocycles. The summed E-state index contributed by atoms with van der Waals surface area (Å²) in [5, 5.41) is 3.18. The minimum Gasteiger partial charge on any atom is -0.319 e. The minimum atomic E-state index is -0.934.